The largest absolute Gasteiger partial charge is 0.468 e. The fourth-order valence-electron chi connectivity index (χ4n) is 4.04. The van der Waals surface area contributed by atoms with E-state index < -0.39 is 5.92 Å². The van der Waals surface area contributed by atoms with Crippen molar-refractivity contribution in [2.45, 2.75) is 12.8 Å². The van der Waals surface area contributed by atoms with Crippen LogP contribution in [0, 0.1) is 6.92 Å². The first kappa shape index (κ1) is 16.5. The van der Waals surface area contributed by atoms with Gasteiger partial charge in [-0.3, -0.25) is 4.79 Å². The summed E-state index contributed by atoms with van der Waals surface area (Å²) in [6, 6.07) is 16.4. The molecule has 0 radical (unpaired) electrons. The minimum absolute atomic E-state index is 0.235. The first-order valence-corrected chi connectivity index (χ1v) is 8.70. The number of carbonyl (C=O) groups excluding carboxylic acids is 1. The van der Waals surface area contributed by atoms with Crippen molar-refractivity contribution < 1.29 is 9.53 Å². The molecular formula is C22H22N2O2. The van der Waals surface area contributed by atoms with E-state index in [0.717, 1.165) is 38.6 Å². The highest BCUT2D eigenvalue weighted by Crippen LogP contribution is 2.39. The van der Waals surface area contributed by atoms with E-state index in [9.17, 15) is 4.79 Å². The smallest absolute Gasteiger partial charge is 0.317 e. The third kappa shape index (κ3) is 2.25. The van der Waals surface area contributed by atoms with Crippen LogP contribution in [0.3, 0.4) is 0 Å². The van der Waals surface area contributed by atoms with Gasteiger partial charge in [0.1, 0.15) is 5.92 Å². The summed E-state index contributed by atoms with van der Waals surface area (Å²) in [6.45, 7) is 2.07. The molecule has 4 heteroatoms. The maximum Gasteiger partial charge on any atom is 0.317 e. The van der Waals surface area contributed by atoms with Crippen LogP contribution in [-0.2, 0) is 23.6 Å². The van der Waals surface area contributed by atoms with Crippen LogP contribution < -0.4 is 0 Å². The molecule has 0 amide bonds. The standard InChI is InChI=1S/C22H22N2O2/c1-14-20(16-10-6-8-12-19(16)24(14)3)21(22(25)26-4)17-13-23(2)18-11-7-5-9-15(17)18/h5-13,21H,1-4H3. The quantitative estimate of drug-likeness (QED) is 0.519. The fraction of sp³-hybridized carbons (Fsp3) is 0.227. The highest BCUT2D eigenvalue weighted by atomic mass is 16.5. The van der Waals surface area contributed by atoms with Crippen LogP contribution in [0.1, 0.15) is 22.7 Å². The molecule has 26 heavy (non-hydrogen) atoms. The Hall–Kier alpha value is -3.01. The molecule has 1 unspecified atom stereocenters. The maximum absolute atomic E-state index is 12.9. The van der Waals surface area contributed by atoms with Gasteiger partial charge in [-0.05, 0) is 30.2 Å². The zero-order chi connectivity index (χ0) is 18.4. The van der Waals surface area contributed by atoms with Crippen molar-refractivity contribution in [1.29, 1.82) is 0 Å². The lowest BCUT2D eigenvalue weighted by Gasteiger charge is -2.16. The van der Waals surface area contributed by atoms with Crippen molar-refractivity contribution in [2.24, 2.45) is 14.1 Å². The van der Waals surface area contributed by atoms with E-state index >= 15 is 0 Å². The summed E-state index contributed by atoms with van der Waals surface area (Å²) in [5.74, 6) is -0.696. The zero-order valence-corrected chi connectivity index (χ0v) is 15.5. The predicted molar refractivity (Wildman–Crippen MR) is 104 cm³/mol. The summed E-state index contributed by atoms with van der Waals surface area (Å²) >= 11 is 0. The van der Waals surface area contributed by atoms with E-state index in [1.165, 1.54) is 7.11 Å². The van der Waals surface area contributed by atoms with Gasteiger partial charge in [0, 0.05) is 47.8 Å². The molecule has 1 atom stereocenters. The van der Waals surface area contributed by atoms with Crippen molar-refractivity contribution in [3.8, 4) is 0 Å². The first-order valence-electron chi connectivity index (χ1n) is 8.70. The third-order valence-corrected chi connectivity index (χ3v) is 5.41. The third-order valence-electron chi connectivity index (χ3n) is 5.41. The minimum Gasteiger partial charge on any atom is -0.468 e. The summed E-state index contributed by atoms with van der Waals surface area (Å²) in [5, 5.41) is 2.17. The number of ether oxygens (including phenoxy) is 1. The molecule has 132 valence electrons. The number of carbonyl (C=O) groups is 1. The van der Waals surface area contributed by atoms with Gasteiger partial charge < -0.3 is 13.9 Å². The van der Waals surface area contributed by atoms with Crippen LogP contribution in [0.15, 0.2) is 54.7 Å². The number of aryl methyl sites for hydroxylation is 2. The predicted octanol–water partition coefficient (Wildman–Crippen LogP) is 4.28. The van der Waals surface area contributed by atoms with Crippen LogP contribution >= 0.6 is 0 Å². The van der Waals surface area contributed by atoms with Gasteiger partial charge in [0.05, 0.1) is 7.11 Å². The van der Waals surface area contributed by atoms with Gasteiger partial charge in [0.15, 0.2) is 0 Å². The molecule has 0 aliphatic heterocycles. The van der Waals surface area contributed by atoms with Crippen molar-refractivity contribution in [3.05, 3.63) is 71.5 Å². The molecule has 2 aromatic heterocycles. The SMILES string of the molecule is COC(=O)C(c1cn(C)c2ccccc12)c1c(C)n(C)c2ccccc12. The molecule has 4 rings (SSSR count). The molecule has 0 bridgehead atoms. The molecule has 0 spiro atoms. The van der Waals surface area contributed by atoms with Gasteiger partial charge in [0.2, 0.25) is 0 Å². The van der Waals surface area contributed by atoms with E-state index in [0.29, 0.717) is 0 Å². The van der Waals surface area contributed by atoms with Crippen molar-refractivity contribution in [1.82, 2.24) is 9.13 Å². The molecule has 0 aliphatic carbocycles. The summed E-state index contributed by atoms with van der Waals surface area (Å²) in [7, 11) is 5.51. The van der Waals surface area contributed by atoms with E-state index in [1.807, 2.05) is 44.6 Å². The second-order valence-electron chi connectivity index (χ2n) is 6.74. The molecule has 0 saturated heterocycles. The molecule has 0 aliphatic rings. The second kappa shape index (κ2) is 6.06. The van der Waals surface area contributed by atoms with Gasteiger partial charge >= 0.3 is 5.97 Å². The van der Waals surface area contributed by atoms with Crippen LogP contribution in [0.2, 0.25) is 0 Å². The van der Waals surface area contributed by atoms with E-state index in [4.69, 9.17) is 4.74 Å². The van der Waals surface area contributed by atoms with Gasteiger partial charge in [-0.25, -0.2) is 0 Å². The van der Waals surface area contributed by atoms with Crippen LogP contribution in [0.4, 0.5) is 0 Å². The lowest BCUT2D eigenvalue weighted by molar-refractivity contribution is -0.141. The normalized spacial score (nSPS) is 12.6. The van der Waals surface area contributed by atoms with E-state index in [1.54, 1.807) is 0 Å². The van der Waals surface area contributed by atoms with E-state index in [-0.39, 0.29) is 5.97 Å². The number of methoxy groups -OCH3 is 1. The summed E-state index contributed by atoms with van der Waals surface area (Å²) < 4.78 is 9.45. The maximum atomic E-state index is 12.9. The molecule has 2 heterocycles. The lowest BCUT2D eigenvalue weighted by atomic mass is 9.89. The summed E-state index contributed by atoms with van der Waals surface area (Å²) in [4.78, 5) is 12.9. The lowest BCUT2D eigenvalue weighted by Crippen LogP contribution is -2.16. The number of benzene rings is 2. The topological polar surface area (TPSA) is 36.2 Å². The van der Waals surface area contributed by atoms with Crippen molar-refractivity contribution in [2.75, 3.05) is 7.11 Å². The zero-order valence-electron chi connectivity index (χ0n) is 15.5. The summed E-state index contributed by atoms with van der Waals surface area (Å²) in [5.41, 5.74) is 5.30. The highest BCUT2D eigenvalue weighted by molar-refractivity contribution is 5.97. The monoisotopic (exact) mass is 346 g/mol. The number of hydrogen-bond donors (Lipinski definition) is 0. The second-order valence-corrected chi connectivity index (χ2v) is 6.74. The van der Waals surface area contributed by atoms with Crippen LogP contribution in [0.25, 0.3) is 21.8 Å². The molecule has 0 fully saturated rings. The van der Waals surface area contributed by atoms with Gasteiger partial charge in [0.25, 0.3) is 0 Å². The van der Waals surface area contributed by atoms with Gasteiger partial charge in [-0.2, -0.15) is 0 Å². The van der Waals surface area contributed by atoms with E-state index in [2.05, 4.69) is 40.3 Å². The number of esters is 1. The Morgan fingerprint density at radius 3 is 2.27 bits per heavy atom. The Balaban J connectivity index is 2.07. The number of para-hydroxylation sites is 2. The number of hydrogen-bond acceptors (Lipinski definition) is 2. The van der Waals surface area contributed by atoms with Crippen LogP contribution in [-0.4, -0.2) is 22.2 Å². The Kier molecular flexibility index (Phi) is 3.83. The summed E-state index contributed by atoms with van der Waals surface area (Å²) in [6.07, 6.45) is 2.05. The molecular weight excluding hydrogens is 324 g/mol. The fourth-order valence-corrected chi connectivity index (χ4v) is 4.04. The Labute approximate surface area is 152 Å². The molecule has 4 aromatic rings. The van der Waals surface area contributed by atoms with Gasteiger partial charge in [-0.15, -0.1) is 0 Å². The first-order chi connectivity index (χ1) is 12.5. The molecule has 4 nitrogen and oxygen atoms in total. The van der Waals surface area contributed by atoms with Crippen molar-refractivity contribution >= 4 is 27.8 Å². The van der Waals surface area contributed by atoms with Crippen LogP contribution in [0.5, 0.6) is 0 Å². The minimum atomic E-state index is -0.461. The molecule has 2 aromatic carbocycles. The number of rotatable bonds is 3. The average molecular weight is 346 g/mol. The van der Waals surface area contributed by atoms with Gasteiger partial charge in [-0.1, -0.05) is 36.4 Å². The number of fused-ring (bicyclic) bond motifs is 2. The Morgan fingerprint density at radius 2 is 1.58 bits per heavy atom. The highest BCUT2D eigenvalue weighted by Gasteiger charge is 2.31. The molecule has 0 N–H and O–H groups in total. The van der Waals surface area contributed by atoms with Crippen molar-refractivity contribution in [3.63, 3.8) is 0 Å². The number of nitrogens with zero attached hydrogens (tertiary/aromatic N) is 2. The molecule has 0 saturated carbocycles. The Morgan fingerprint density at radius 1 is 0.962 bits per heavy atom. The number of aromatic nitrogens is 2. The Bertz CT molecular complexity index is 1130. The average Bonchev–Trinajstić information content (AvgIpc) is 3.12.